The summed E-state index contributed by atoms with van der Waals surface area (Å²) in [5.74, 6) is 1.59. The molecule has 4 nitrogen and oxygen atoms in total. The number of carbonyl (C=O) groups excluding carboxylic acids is 1. The van der Waals surface area contributed by atoms with Gasteiger partial charge in [0.1, 0.15) is 10.7 Å². The van der Waals surface area contributed by atoms with E-state index in [0.717, 1.165) is 11.4 Å². The summed E-state index contributed by atoms with van der Waals surface area (Å²) in [5, 5.41) is 0.302. The van der Waals surface area contributed by atoms with E-state index >= 15 is 0 Å². The number of para-hydroxylation sites is 2. The van der Waals surface area contributed by atoms with Gasteiger partial charge in [-0.1, -0.05) is 23.7 Å². The molecule has 1 aliphatic heterocycles. The highest BCUT2D eigenvalue weighted by Gasteiger charge is 2.28. The third-order valence-electron chi connectivity index (χ3n) is 3.18. The number of pyridine rings is 1. The van der Waals surface area contributed by atoms with Crippen LogP contribution in [0.25, 0.3) is 0 Å². The van der Waals surface area contributed by atoms with Gasteiger partial charge in [-0.3, -0.25) is 4.79 Å². The fraction of sp³-hybridized carbons (Fsp3) is 0.200. The van der Waals surface area contributed by atoms with Crippen LogP contribution in [-0.2, 0) is 0 Å². The lowest BCUT2D eigenvalue weighted by molar-refractivity contribution is 0.0988. The van der Waals surface area contributed by atoms with E-state index in [1.807, 2.05) is 30.5 Å². The van der Waals surface area contributed by atoms with Crippen LogP contribution < -0.4 is 9.64 Å². The number of thioether (sulfide) groups is 1. The molecule has 2 heterocycles. The molecule has 1 aliphatic rings. The zero-order valence-electron chi connectivity index (χ0n) is 11.4. The number of hydrogen-bond donors (Lipinski definition) is 0. The average Bonchev–Trinajstić information content (AvgIpc) is 2.59. The molecule has 0 unspecified atom stereocenters. The van der Waals surface area contributed by atoms with E-state index in [9.17, 15) is 4.79 Å². The van der Waals surface area contributed by atoms with Gasteiger partial charge in [0.2, 0.25) is 5.88 Å². The number of benzene rings is 1. The molecule has 0 spiro atoms. The van der Waals surface area contributed by atoms with Crippen molar-refractivity contribution in [2.75, 3.05) is 23.5 Å². The normalized spacial score (nSPS) is 13.2. The van der Waals surface area contributed by atoms with Gasteiger partial charge < -0.3 is 9.64 Å². The maximum atomic E-state index is 12.8. The van der Waals surface area contributed by atoms with E-state index in [2.05, 4.69) is 4.98 Å². The maximum absolute atomic E-state index is 12.8. The smallest absolute Gasteiger partial charge is 0.263 e. The second kappa shape index (κ2) is 5.95. The van der Waals surface area contributed by atoms with Crippen molar-refractivity contribution in [2.24, 2.45) is 0 Å². The maximum Gasteiger partial charge on any atom is 0.263 e. The van der Waals surface area contributed by atoms with Crippen LogP contribution in [0.5, 0.6) is 11.6 Å². The second-order valence-corrected chi connectivity index (χ2v) is 5.88. The summed E-state index contributed by atoms with van der Waals surface area (Å²) in [5.41, 5.74) is 1.18. The molecule has 2 aromatic rings. The molecule has 3 rings (SSSR count). The topological polar surface area (TPSA) is 42.4 Å². The third-order valence-corrected chi connectivity index (χ3v) is 3.98. The quantitative estimate of drug-likeness (QED) is 0.806. The predicted molar refractivity (Wildman–Crippen MR) is 85.8 cm³/mol. The summed E-state index contributed by atoms with van der Waals surface area (Å²) in [7, 11) is 0. The molecule has 6 heteroatoms. The lowest BCUT2D eigenvalue weighted by Gasteiger charge is -2.21. The van der Waals surface area contributed by atoms with Crippen LogP contribution in [0.1, 0.15) is 10.4 Å². The number of amides is 1. The van der Waals surface area contributed by atoms with Gasteiger partial charge in [-0.25, -0.2) is 4.98 Å². The molecular weight excluding hydrogens is 308 g/mol. The molecule has 21 heavy (non-hydrogen) atoms. The molecular formula is C15H13ClN2O2S. The molecule has 0 N–H and O–H groups in total. The predicted octanol–water partition coefficient (Wildman–Crippen LogP) is 3.85. The van der Waals surface area contributed by atoms with Gasteiger partial charge in [-0.15, -0.1) is 0 Å². The highest BCUT2D eigenvalue weighted by molar-refractivity contribution is 7.98. The highest BCUT2D eigenvalue weighted by atomic mass is 35.5. The fourth-order valence-electron chi connectivity index (χ4n) is 2.19. The van der Waals surface area contributed by atoms with Gasteiger partial charge in [0.05, 0.1) is 5.69 Å². The van der Waals surface area contributed by atoms with Crippen LogP contribution in [0.15, 0.2) is 36.4 Å². The minimum Gasteiger partial charge on any atom is -0.436 e. The monoisotopic (exact) mass is 320 g/mol. The molecule has 0 fully saturated rings. The van der Waals surface area contributed by atoms with Crippen molar-refractivity contribution in [1.29, 1.82) is 0 Å². The van der Waals surface area contributed by atoms with Crippen LogP contribution in [0.3, 0.4) is 0 Å². The Balaban J connectivity index is 2.13. The average molecular weight is 321 g/mol. The first-order chi connectivity index (χ1) is 10.2. The molecule has 0 saturated heterocycles. The van der Waals surface area contributed by atoms with Crippen molar-refractivity contribution in [2.45, 2.75) is 0 Å². The van der Waals surface area contributed by atoms with Crippen molar-refractivity contribution >= 4 is 35.0 Å². The number of ether oxygens (including phenoxy) is 1. The Morgan fingerprint density at radius 1 is 1.29 bits per heavy atom. The van der Waals surface area contributed by atoms with E-state index in [-0.39, 0.29) is 11.8 Å². The number of nitrogens with zero attached hydrogens (tertiary/aromatic N) is 2. The highest BCUT2D eigenvalue weighted by Crippen LogP contribution is 2.38. The zero-order valence-corrected chi connectivity index (χ0v) is 12.9. The summed E-state index contributed by atoms with van der Waals surface area (Å²) in [6.45, 7) is 0.614. The molecule has 0 saturated carbocycles. The van der Waals surface area contributed by atoms with Crippen molar-refractivity contribution in [3.05, 3.63) is 47.1 Å². The number of halogens is 1. The fourth-order valence-corrected chi connectivity index (χ4v) is 2.69. The number of fused-ring (bicyclic) bond motifs is 2. The van der Waals surface area contributed by atoms with E-state index in [1.165, 1.54) is 0 Å². The number of anilines is 1. The van der Waals surface area contributed by atoms with Crippen molar-refractivity contribution in [1.82, 2.24) is 4.98 Å². The van der Waals surface area contributed by atoms with Crippen LogP contribution in [-0.4, -0.2) is 29.4 Å². The standard InChI is InChI=1S/C15H13ClN2O2S/c1-21-9-8-18-11-4-2-3-5-12(11)20-14-10(15(18)19)6-7-13(16)17-14/h2-7H,8-9H2,1H3. The summed E-state index contributed by atoms with van der Waals surface area (Å²) in [6.07, 6.45) is 2.01. The van der Waals surface area contributed by atoms with Gasteiger partial charge in [-0.2, -0.15) is 11.8 Å². The molecule has 0 aliphatic carbocycles. The van der Waals surface area contributed by atoms with E-state index < -0.39 is 0 Å². The Bertz CT molecular complexity index is 693. The Morgan fingerprint density at radius 3 is 2.90 bits per heavy atom. The Kier molecular flexibility index (Phi) is 4.03. The minimum absolute atomic E-state index is 0.117. The minimum atomic E-state index is -0.117. The lowest BCUT2D eigenvalue weighted by atomic mass is 10.2. The number of hydrogen-bond acceptors (Lipinski definition) is 4. The molecule has 108 valence electrons. The third kappa shape index (κ3) is 2.71. The molecule has 0 atom stereocenters. The van der Waals surface area contributed by atoms with Crippen LogP contribution in [0.2, 0.25) is 5.15 Å². The number of aromatic nitrogens is 1. The van der Waals surface area contributed by atoms with Crippen molar-refractivity contribution in [3.63, 3.8) is 0 Å². The zero-order chi connectivity index (χ0) is 14.8. The summed E-state index contributed by atoms with van der Waals surface area (Å²) < 4.78 is 5.80. The van der Waals surface area contributed by atoms with E-state index in [1.54, 1.807) is 28.8 Å². The van der Waals surface area contributed by atoms with Gasteiger partial charge in [0, 0.05) is 12.3 Å². The molecule has 1 amide bonds. The molecule has 1 aromatic carbocycles. The first-order valence-corrected chi connectivity index (χ1v) is 8.22. The summed E-state index contributed by atoms with van der Waals surface area (Å²) >= 11 is 7.60. The van der Waals surface area contributed by atoms with Crippen LogP contribution >= 0.6 is 23.4 Å². The SMILES string of the molecule is CSCCN1C(=O)c2ccc(Cl)nc2Oc2ccccc21. The Morgan fingerprint density at radius 2 is 2.10 bits per heavy atom. The number of rotatable bonds is 3. The van der Waals surface area contributed by atoms with Crippen LogP contribution in [0.4, 0.5) is 5.69 Å². The number of carbonyl (C=O) groups is 1. The van der Waals surface area contributed by atoms with Gasteiger partial charge in [0.25, 0.3) is 5.91 Å². The molecule has 0 radical (unpaired) electrons. The first-order valence-electron chi connectivity index (χ1n) is 6.45. The van der Waals surface area contributed by atoms with E-state index in [0.29, 0.717) is 23.0 Å². The Hall–Kier alpha value is -1.72. The van der Waals surface area contributed by atoms with Crippen LogP contribution in [0, 0.1) is 0 Å². The van der Waals surface area contributed by atoms with Gasteiger partial charge in [-0.05, 0) is 30.5 Å². The molecule has 0 bridgehead atoms. The summed E-state index contributed by atoms with van der Waals surface area (Å²) in [4.78, 5) is 18.6. The first kappa shape index (κ1) is 14.2. The van der Waals surface area contributed by atoms with Gasteiger partial charge in [0.15, 0.2) is 5.75 Å². The molecule has 1 aromatic heterocycles. The largest absolute Gasteiger partial charge is 0.436 e. The summed E-state index contributed by atoms with van der Waals surface area (Å²) in [6, 6.07) is 10.7. The van der Waals surface area contributed by atoms with Crippen molar-refractivity contribution < 1.29 is 9.53 Å². The second-order valence-electron chi connectivity index (χ2n) is 4.51. The lowest BCUT2D eigenvalue weighted by Crippen LogP contribution is -2.32. The van der Waals surface area contributed by atoms with E-state index in [4.69, 9.17) is 16.3 Å². The van der Waals surface area contributed by atoms with Gasteiger partial charge >= 0.3 is 0 Å². The van der Waals surface area contributed by atoms with Crippen molar-refractivity contribution in [3.8, 4) is 11.6 Å². The Labute approximate surface area is 132 Å².